The van der Waals surface area contributed by atoms with Crippen molar-refractivity contribution in [3.8, 4) is 28.9 Å². The Morgan fingerprint density at radius 1 is 1.16 bits per heavy atom. The SMILES string of the molecule is COc1ccc(C(=O)Nc2cc(-c3ccco3)nn2-c2nc(C)cc(=O)[nH]2)c(OC)c1. The molecule has 0 saturated heterocycles. The van der Waals surface area contributed by atoms with E-state index < -0.39 is 5.91 Å². The zero-order valence-corrected chi connectivity index (χ0v) is 17.0. The van der Waals surface area contributed by atoms with E-state index in [0.29, 0.717) is 34.2 Å². The summed E-state index contributed by atoms with van der Waals surface area (Å²) < 4.78 is 17.2. The van der Waals surface area contributed by atoms with Crippen LogP contribution in [0.1, 0.15) is 16.1 Å². The number of rotatable bonds is 6. The fourth-order valence-corrected chi connectivity index (χ4v) is 3.01. The molecule has 0 radical (unpaired) electrons. The number of furan rings is 1. The van der Waals surface area contributed by atoms with Gasteiger partial charge in [0.25, 0.3) is 11.5 Å². The Balaban J connectivity index is 1.77. The van der Waals surface area contributed by atoms with E-state index in [-0.39, 0.29) is 17.3 Å². The van der Waals surface area contributed by atoms with Crippen LogP contribution in [0.25, 0.3) is 17.4 Å². The first-order valence-electron chi connectivity index (χ1n) is 9.24. The van der Waals surface area contributed by atoms with Gasteiger partial charge < -0.3 is 19.2 Å². The maximum absolute atomic E-state index is 13.0. The van der Waals surface area contributed by atoms with Crippen molar-refractivity contribution in [1.29, 1.82) is 0 Å². The summed E-state index contributed by atoms with van der Waals surface area (Å²) in [5.74, 6) is 1.38. The van der Waals surface area contributed by atoms with Crippen LogP contribution in [-0.2, 0) is 0 Å². The summed E-state index contributed by atoms with van der Waals surface area (Å²) in [4.78, 5) is 31.9. The number of carbonyl (C=O) groups is 1. The van der Waals surface area contributed by atoms with Gasteiger partial charge in [-0.1, -0.05) is 0 Å². The topological polar surface area (TPSA) is 124 Å². The lowest BCUT2D eigenvalue weighted by atomic mass is 10.1. The second-order valence-electron chi connectivity index (χ2n) is 6.53. The summed E-state index contributed by atoms with van der Waals surface area (Å²) in [6.45, 7) is 1.69. The highest BCUT2D eigenvalue weighted by molar-refractivity contribution is 6.06. The first-order valence-corrected chi connectivity index (χ1v) is 9.24. The van der Waals surface area contributed by atoms with Crippen LogP contribution in [0.3, 0.4) is 0 Å². The summed E-state index contributed by atoms with van der Waals surface area (Å²) >= 11 is 0. The molecule has 0 atom stereocenters. The van der Waals surface area contributed by atoms with Gasteiger partial charge in [-0.15, -0.1) is 0 Å². The summed E-state index contributed by atoms with van der Waals surface area (Å²) in [5, 5.41) is 7.24. The second kappa shape index (κ2) is 8.19. The van der Waals surface area contributed by atoms with Crippen LogP contribution in [0, 0.1) is 6.92 Å². The molecule has 1 amide bonds. The number of nitrogens with zero attached hydrogens (tertiary/aromatic N) is 3. The summed E-state index contributed by atoms with van der Waals surface area (Å²) in [6, 6.07) is 11.3. The number of H-pyrrole nitrogens is 1. The quantitative estimate of drug-likeness (QED) is 0.490. The number of carbonyl (C=O) groups excluding carboxylic acids is 1. The summed E-state index contributed by atoms with van der Waals surface area (Å²) in [7, 11) is 2.99. The maximum Gasteiger partial charge on any atom is 0.260 e. The first-order chi connectivity index (χ1) is 15.0. The lowest BCUT2D eigenvalue weighted by Crippen LogP contribution is -2.19. The van der Waals surface area contributed by atoms with Gasteiger partial charge in [-0.3, -0.25) is 14.6 Å². The van der Waals surface area contributed by atoms with E-state index in [1.54, 1.807) is 43.3 Å². The molecule has 3 heterocycles. The zero-order chi connectivity index (χ0) is 22.0. The largest absolute Gasteiger partial charge is 0.497 e. The Bertz CT molecular complexity index is 1290. The van der Waals surface area contributed by atoms with Crippen molar-refractivity contribution in [3.63, 3.8) is 0 Å². The van der Waals surface area contributed by atoms with Gasteiger partial charge in [0, 0.05) is 23.9 Å². The van der Waals surface area contributed by atoms with Crippen molar-refractivity contribution in [1.82, 2.24) is 19.7 Å². The van der Waals surface area contributed by atoms with Crippen molar-refractivity contribution in [2.75, 3.05) is 19.5 Å². The molecular weight excluding hydrogens is 402 g/mol. The summed E-state index contributed by atoms with van der Waals surface area (Å²) in [6.07, 6.45) is 1.52. The third-order valence-electron chi connectivity index (χ3n) is 4.44. The Morgan fingerprint density at radius 3 is 2.68 bits per heavy atom. The fourth-order valence-electron chi connectivity index (χ4n) is 3.01. The van der Waals surface area contributed by atoms with Gasteiger partial charge in [0.15, 0.2) is 5.76 Å². The molecule has 0 spiro atoms. The molecule has 4 aromatic rings. The Kier molecular flexibility index (Phi) is 5.27. The number of nitrogens with one attached hydrogen (secondary N) is 2. The molecule has 0 aliphatic carbocycles. The lowest BCUT2D eigenvalue weighted by Gasteiger charge is -2.11. The van der Waals surface area contributed by atoms with E-state index in [0.717, 1.165) is 0 Å². The van der Waals surface area contributed by atoms with Crippen LogP contribution in [0.5, 0.6) is 11.5 Å². The van der Waals surface area contributed by atoms with Crippen LogP contribution in [0.2, 0.25) is 0 Å². The molecular formula is C21H19N5O5. The van der Waals surface area contributed by atoms with E-state index in [1.807, 2.05) is 0 Å². The molecule has 1 aromatic carbocycles. The molecule has 3 aromatic heterocycles. The third-order valence-corrected chi connectivity index (χ3v) is 4.44. The standard InChI is InChI=1S/C21H19N5O5/c1-12-9-19(27)24-21(22-12)26-18(11-15(25-26)16-5-4-8-31-16)23-20(28)14-7-6-13(29-2)10-17(14)30-3/h4-11H,1-3H3,(H,23,28)(H,22,24,27). The van der Waals surface area contributed by atoms with Gasteiger partial charge in [0.05, 0.1) is 26.0 Å². The van der Waals surface area contributed by atoms with Crippen LogP contribution in [0.15, 0.2) is 57.9 Å². The van der Waals surface area contributed by atoms with Crippen molar-refractivity contribution >= 4 is 11.7 Å². The number of methoxy groups -OCH3 is 2. The maximum atomic E-state index is 13.0. The van der Waals surface area contributed by atoms with Gasteiger partial charge in [0.1, 0.15) is 23.0 Å². The summed E-state index contributed by atoms with van der Waals surface area (Å²) in [5.41, 5.74) is 0.905. The highest BCUT2D eigenvalue weighted by atomic mass is 16.5. The number of aromatic nitrogens is 4. The average Bonchev–Trinajstić information content (AvgIpc) is 3.42. The van der Waals surface area contributed by atoms with Crippen molar-refractivity contribution in [2.45, 2.75) is 6.92 Å². The molecule has 0 unspecified atom stereocenters. The molecule has 10 nitrogen and oxygen atoms in total. The monoisotopic (exact) mass is 421 g/mol. The van der Waals surface area contributed by atoms with Crippen LogP contribution < -0.4 is 20.3 Å². The van der Waals surface area contributed by atoms with Crippen molar-refractivity contribution in [2.24, 2.45) is 0 Å². The van der Waals surface area contributed by atoms with Gasteiger partial charge in [-0.05, 0) is 31.2 Å². The van der Waals surface area contributed by atoms with E-state index in [9.17, 15) is 9.59 Å². The van der Waals surface area contributed by atoms with Gasteiger partial charge in [-0.2, -0.15) is 9.78 Å². The van der Waals surface area contributed by atoms with E-state index in [4.69, 9.17) is 13.9 Å². The van der Waals surface area contributed by atoms with Gasteiger partial charge in [0.2, 0.25) is 5.95 Å². The molecule has 0 saturated carbocycles. The predicted octanol–water partition coefficient (Wildman–Crippen LogP) is 2.79. The van der Waals surface area contributed by atoms with Gasteiger partial charge >= 0.3 is 0 Å². The minimum Gasteiger partial charge on any atom is -0.497 e. The Hall–Kier alpha value is -4.34. The number of amides is 1. The number of hydrogen-bond acceptors (Lipinski definition) is 7. The number of aryl methyl sites for hydroxylation is 1. The molecule has 0 bridgehead atoms. The van der Waals surface area contributed by atoms with E-state index >= 15 is 0 Å². The van der Waals surface area contributed by atoms with Crippen LogP contribution >= 0.6 is 0 Å². The lowest BCUT2D eigenvalue weighted by molar-refractivity contribution is 0.102. The highest BCUT2D eigenvalue weighted by Gasteiger charge is 2.20. The van der Waals surface area contributed by atoms with Crippen LogP contribution in [-0.4, -0.2) is 39.9 Å². The Labute approximate surface area is 176 Å². The van der Waals surface area contributed by atoms with E-state index in [2.05, 4.69) is 20.4 Å². The number of aromatic amines is 1. The number of benzene rings is 1. The fraction of sp³-hybridized carbons (Fsp3) is 0.143. The number of anilines is 1. The number of ether oxygens (including phenoxy) is 2. The smallest absolute Gasteiger partial charge is 0.260 e. The molecule has 2 N–H and O–H groups in total. The molecule has 158 valence electrons. The van der Waals surface area contributed by atoms with Crippen molar-refractivity contribution < 1.29 is 18.7 Å². The average molecular weight is 421 g/mol. The minimum atomic E-state index is -0.443. The second-order valence-corrected chi connectivity index (χ2v) is 6.53. The Morgan fingerprint density at radius 2 is 2.00 bits per heavy atom. The minimum absolute atomic E-state index is 0.153. The van der Waals surface area contributed by atoms with Gasteiger partial charge in [-0.25, -0.2) is 4.98 Å². The molecule has 0 aliphatic rings. The predicted molar refractivity (Wildman–Crippen MR) is 112 cm³/mol. The first kappa shape index (κ1) is 20.0. The molecule has 0 aliphatic heterocycles. The third kappa shape index (κ3) is 4.04. The highest BCUT2D eigenvalue weighted by Crippen LogP contribution is 2.27. The van der Waals surface area contributed by atoms with Crippen molar-refractivity contribution in [3.05, 3.63) is 70.3 Å². The van der Waals surface area contributed by atoms with Crippen LogP contribution in [0.4, 0.5) is 5.82 Å². The molecule has 10 heteroatoms. The molecule has 31 heavy (non-hydrogen) atoms. The molecule has 4 rings (SSSR count). The van der Waals surface area contributed by atoms with E-state index in [1.165, 1.54) is 31.2 Å². The number of hydrogen-bond donors (Lipinski definition) is 2. The normalized spacial score (nSPS) is 10.7. The zero-order valence-electron chi connectivity index (χ0n) is 17.0. The molecule has 0 fully saturated rings.